The number of rotatable bonds is 7. The van der Waals surface area contributed by atoms with Gasteiger partial charge in [-0.15, -0.1) is 0 Å². The number of pyridine rings is 1. The van der Waals surface area contributed by atoms with E-state index in [2.05, 4.69) is 34.6 Å². The second-order valence-corrected chi connectivity index (χ2v) is 6.75. The number of aromatic nitrogens is 1. The largest absolute Gasteiger partial charge is 0.383 e. The molecule has 5 heteroatoms. The van der Waals surface area contributed by atoms with Crippen LogP contribution in [0.5, 0.6) is 0 Å². The van der Waals surface area contributed by atoms with Crippen molar-refractivity contribution >= 4 is 5.91 Å². The molecule has 2 aromatic rings. The van der Waals surface area contributed by atoms with Crippen LogP contribution < -0.4 is 5.32 Å². The van der Waals surface area contributed by atoms with Crippen molar-refractivity contribution in [1.29, 1.82) is 0 Å². The van der Waals surface area contributed by atoms with Gasteiger partial charge in [-0.2, -0.15) is 0 Å². The highest BCUT2D eigenvalue weighted by Gasteiger charge is 2.39. The van der Waals surface area contributed by atoms with Gasteiger partial charge in [0.1, 0.15) is 0 Å². The standard InChI is InChI=1S/C21H26N2O3/c1-25-15-12-23-20(24)21(8-13-26-14-9-21)16-17-2-4-18(5-3-17)19-6-10-22-11-7-19/h2-7,10-11H,8-9,12-16H2,1H3,(H,23,24). The van der Waals surface area contributed by atoms with E-state index in [9.17, 15) is 4.79 Å². The molecule has 1 aromatic carbocycles. The van der Waals surface area contributed by atoms with Gasteiger partial charge < -0.3 is 14.8 Å². The smallest absolute Gasteiger partial charge is 0.226 e. The molecule has 1 aliphatic rings. The summed E-state index contributed by atoms with van der Waals surface area (Å²) in [5.74, 6) is 0.107. The molecule has 26 heavy (non-hydrogen) atoms. The summed E-state index contributed by atoms with van der Waals surface area (Å²) in [6.45, 7) is 2.33. The van der Waals surface area contributed by atoms with Gasteiger partial charge in [0.05, 0.1) is 12.0 Å². The SMILES string of the molecule is COCCNC(=O)C1(Cc2ccc(-c3ccncc3)cc2)CCOCC1. The fourth-order valence-corrected chi connectivity index (χ4v) is 3.45. The Labute approximate surface area is 154 Å². The van der Waals surface area contributed by atoms with Crippen LogP contribution in [0, 0.1) is 5.41 Å². The quantitative estimate of drug-likeness (QED) is 0.777. The maximum absolute atomic E-state index is 12.9. The topological polar surface area (TPSA) is 60.5 Å². The number of methoxy groups -OCH3 is 1. The number of ether oxygens (including phenoxy) is 2. The highest BCUT2D eigenvalue weighted by atomic mass is 16.5. The van der Waals surface area contributed by atoms with Crippen LogP contribution in [-0.2, 0) is 20.7 Å². The number of benzene rings is 1. The maximum Gasteiger partial charge on any atom is 0.226 e. The van der Waals surface area contributed by atoms with Gasteiger partial charge in [-0.3, -0.25) is 9.78 Å². The van der Waals surface area contributed by atoms with Crippen molar-refractivity contribution < 1.29 is 14.3 Å². The van der Waals surface area contributed by atoms with Crippen molar-refractivity contribution in [3.05, 3.63) is 54.4 Å². The van der Waals surface area contributed by atoms with Crippen molar-refractivity contribution in [3.63, 3.8) is 0 Å². The van der Waals surface area contributed by atoms with Gasteiger partial charge >= 0.3 is 0 Å². The van der Waals surface area contributed by atoms with Crippen molar-refractivity contribution in [2.45, 2.75) is 19.3 Å². The minimum atomic E-state index is -0.399. The molecule has 1 amide bonds. The Balaban J connectivity index is 1.73. The molecule has 1 fully saturated rings. The van der Waals surface area contributed by atoms with Crippen LogP contribution in [0.2, 0.25) is 0 Å². The Hall–Kier alpha value is -2.24. The third-order valence-electron chi connectivity index (χ3n) is 5.03. The number of hydrogen-bond donors (Lipinski definition) is 1. The number of carbonyl (C=O) groups is 1. The zero-order valence-corrected chi connectivity index (χ0v) is 15.2. The summed E-state index contributed by atoms with van der Waals surface area (Å²) in [7, 11) is 1.64. The Bertz CT molecular complexity index is 695. The fourth-order valence-electron chi connectivity index (χ4n) is 3.45. The van der Waals surface area contributed by atoms with Crippen LogP contribution in [0.25, 0.3) is 11.1 Å². The normalized spacial score (nSPS) is 16.2. The average Bonchev–Trinajstić information content (AvgIpc) is 2.70. The first kappa shape index (κ1) is 18.5. The van der Waals surface area contributed by atoms with Crippen LogP contribution in [0.15, 0.2) is 48.8 Å². The molecule has 0 spiro atoms. The molecule has 138 valence electrons. The number of amides is 1. The third-order valence-corrected chi connectivity index (χ3v) is 5.03. The van der Waals surface area contributed by atoms with E-state index in [4.69, 9.17) is 9.47 Å². The number of carbonyl (C=O) groups excluding carboxylic acids is 1. The van der Waals surface area contributed by atoms with Crippen molar-refractivity contribution in [2.75, 3.05) is 33.5 Å². The Kier molecular flexibility index (Phi) is 6.36. The molecular formula is C21H26N2O3. The van der Waals surface area contributed by atoms with Gasteiger partial charge in [0.25, 0.3) is 0 Å². The van der Waals surface area contributed by atoms with Crippen molar-refractivity contribution in [1.82, 2.24) is 10.3 Å². The van der Waals surface area contributed by atoms with E-state index >= 15 is 0 Å². The van der Waals surface area contributed by atoms with Gasteiger partial charge in [-0.25, -0.2) is 0 Å². The predicted molar refractivity (Wildman–Crippen MR) is 101 cm³/mol. The lowest BCUT2D eigenvalue weighted by Gasteiger charge is -2.36. The molecule has 1 saturated heterocycles. The summed E-state index contributed by atoms with van der Waals surface area (Å²) >= 11 is 0. The van der Waals surface area contributed by atoms with E-state index in [-0.39, 0.29) is 5.91 Å². The molecular weight excluding hydrogens is 328 g/mol. The molecule has 1 aromatic heterocycles. The zero-order valence-electron chi connectivity index (χ0n) is 15.2. The van der Waals surface area contributed by atoms with Crippen LogP contribution in [0.3, 0.4) is 0 Å². The van der Waals surface area contributed by atoms with Crippen LogP contribution >= 0.6 is 0 Å². The molecule has 3 rings (SSSR count). The predicted octanol–water partition coefficient (Wildman–Crippen LogP) is 2.85. The summed E-state index contributed by atoms with van der Waals surface area (Å²) < 4.78 is 10.5. The molecule has 5 nitrogen and oxygen atoms in total. The molecule has 1 N–H and O–H groups in total. The Morgan fingerprint density at radius 3 is 2.42 bits per heavy atom. The van der Waals surface area contributed by atoms with E-state index in [1.165, 1.54) is 5.56 Å². The monoisotopic (exact) mass is 354 g/mol. The minimum absolute atomic E-state index is 0.107. The first-order valence-corrected chi connectivity index (χ1v) is 9.08. The van der Waals surface area contributed by atoms with Crippen LogP contribution in [0.4, 0.5) is 0 Å². The number of hydrogen-bond acceptors (Lipinski definition) is 4. The van der Waals surface area contributed by atoms with Gasteiger partial charge in [0.2, 0.25) is 5.91 Å². The summed E-state index contributed by atoms with van der Waals surface area (Å²) in [6.07, 6.45) is 5.82. The van der Waals surface area contributed by atoms with Gasteiger partial charge in [0.15, 0.2) is 0 Å². The molecule has 1 aliphatic heterocycles. The highest BCUT2D eigenvalue weighted by molar-refractivity contribution is 5.83. The summed E-state index contributed by atoms with van der Waals surface area (Å²) in [5, 5.41) is 3.03. The second kappa shape index (κ2) is 8.92. The lowest BCUT2D eigenvalue weighted by molar-refractivity contribution is -0.136. The third kappa shape index (κ3) is 4.48. The first-order valence-electron chi connectivity index (χ1n) is 9.08. The van der Waals surface area contributed by atoms with Gasteiger partial charge in [-0.1, -0.05) is 24.3 Å². The maximum atomic E-state index is 12.9. The minimum Gasteiger partial charge on any atom is -0.383 e. The highest BCUT2D eigenvalue weighted by Crippen LogP contribution is 2.35. The first-order chi connectivity index (χ1) is 12.7. The average molecular weight is 354 g/mol. The molecule has 0 saturated carbocycles. The summed E-state index contributed by atoms with van der Waals surface area (Å²) in [4.78, 5) is 16.9. The lowest BCUT2D eigenvalue weighted by Crippen LogP contribution is -2.46. The van der Waals surface area contributed by atoms with Gasteiger partial charge in [-0.05, 0) is 48.1 Å². The lowest BCUT2D eigenvalue weighted by atomic mass is 9.74. The fraction of sp³-hybridized carbons (Fsp3) is 0.429. The number of nitrogens with one attached hydrogen (secondary N) is 1. The van der Waals surface area contributed by atoms with E-state index in [0.29, 0.717) is 26.4 Å². The Morgan fingerprint density at radius 1 is 1.12 bits per heavy atom. The second-order valence-electron chi connectivity index (χ2n) is 6.75. The van der Waals surface area contributed by atoms with E-state index in [1.807, 2.05) is 12.1 Å². The summed E-state index contributed by atoms with van der Waals surface area (Å²) in [6, 6.07) is 12.5. The van der Waals surface area contributed by atoms with Crippen LogP contribution in [-0.4, -0.2) is 44.4 Å². The Morgan fingerprint density at radius 2 is 1.77 bits per heavy atom. The van der Waals surface area contributed by atoms with Crippen molar-refractivity contribution in [3.8, 4) is 11.1 Å². The molecule has 0 bridgehead atoms. The molecule has 0 unspecified atom stereocenters. The van der Waals surface area contributed by atoms with Crippen LogP contribution in [0.1, 0.15) is 18.4 Å². The molecule has 0 aliphatic carbocycles. The molecule has 2 heterocycles. The van der Waals surface area contributed by atoms with E-state index in [0.717, 1.165) is 30.4 Å². The van der Waals surface area contributed by atoms with Crippen molar-refractivity contribution in [2.24, 2.45) is 5.41 Å². The molecule has 0 radical (unpaired) electrons. The molecule has 0 atom stereocenters. The zero-order chi connectivity index (χ0) is 18.2. The summed E-state index contributed by atoms with van der Waals surface area (Å²) in [5.41, 5.74) is 3.07. The van der Waals surface area contributed by atoms with E-state index < -0.39 is 5.41 Å². The van der Waals surface area contributed by atoms with Gasteiger partial charge in [0, 0.05) is 39.3 Å². The number of nitrogens with zero attached hydrogens (tertiary/aromatic N) is 1. The van der Waals surface area contributed by atoms with E-state index in [1.54, 1.807) is 19.5 Å².